The molecule has 0 saturated heterocycles. The maximum Gasteiger partial charge on any atom is 0.192 e. The van der Waals surface area contributed by atoms with Crippen LogP contribution in [0.15, 0.2) is 15.0 Å². The Balaban J connectivity index is 2.95. The van der Waals surface area contributed by atoms with Crippen LogP contribution in [0.2, 0.25) is 0 Å². The first-order valence-corrected chi connectivity index (χ1v) is 5.47. The molecule has 1 aromatic carbocycles. The highest BCUT2D eigenvalue weighted by atomic mass is 127. The average molecular weight is 353 g/mol. The lowest BCUT2D eigenvalue weighted by atomic mass is 10.3. The minimum Gasteiger partial charge on any atom is -0.440 e. The summed E-state index contributed by atoms with van der Waals surface area (Å²) < 4.78 is 7.22. The van der Waals surface area contributed by atoms with Crippen LogP contribution in [-0.2, 0) is 0 Å². The van der Waals surface area contributed by atoms with Gasteiger partial charge in [0, 0.05) is 11.4 Å². The first-order valence-electron chi connectivity index (χ1n) is 3.60. The minimum absolute atomic E-state index is 0.652. The zero-order valence-corrected chi connectivity index (χ0v) is 10.5. The molecule has 0 bridgehead atoms. The first-order chi connectivity index (χ1) is 6.09. The molecule has 2 N–H and O–H groups in total. The van der Waals surface area contributed by atoms with Crippen molar-refractivity contribution in [2.24, 2.45) is 0 Å². The summed E-state index contributed by atoms with van der Waals surface area (Å²) in [6.45, 7) is 1.82. The SMILES string of the molecule is Cc1nc2c(Br)cc(N)c(I)c2o1. The van der Waals surface area contributed by atoms with E-state index in [-0.39, 0.29) is 0 Å². The molecule has 13 heavy (non-hydrogen) atoms. The number of fused-ring (bicyclic) bond motifs is 1. The molecule has 0 saturated carbocycles. The van der Waals surface area contributed by atoms with Crippen LogP contribution in [0.4, 0.5) is 5.69 Å². The molecule has 2 aromatic rings. The second-order valence-corrected chi connectivity index (χ2v) is 4.61. The summed E-state index contributed by atoms with van der Waals surface area (Å²) in [7, 11) is 0. The number of hydrogen-bond acceptors (Lipinski definition) is 3. The number of oxazole rings is 1. The van der Waals surface area contributed by atoms with Gasteiger partial charge in [-0.2, -0.15) is 0 Å². The van der Waals surface area contributed by atoms with Gasteiger partial charge in [-0.15, -0.1) is 0 Å². The van der Waals surface area contributed by atoms with Crippen molar-refractivity contribution in [1.82, 2.24) is 4.98 Å². The number of rotatable bonds is 0. The van der Waals surface area contributed by atoms with Gasteiger partial charge in [-0.05, 0) is 44.6 Å². The van der Waals surface area contributed by atoms with Crippen molar-refractivity contribution >= 4 is 55.3 Å². The maximum absolute atomic E-state index is 5.77. The van der Waals surface area contributed by atoms with Crippen molar-refractivity contribution < 1.29 is 4.42 Å². The Kier molecular flexibility index (Phi) is 2.23. The van der Waals surface area contributed by atoms with E-state index in [0.717, 1.165) is 19.1 Å². The van der Waals surface area contributed by atoms with E-state index in [4.69, 9.17) is 10.2 Å². The standard InChI is InChI=1S/C8H6BrIN2O/c1-3-12-7-4(9)2-5(11)6(10)8(7)13-3/h2H,11H2,1H3. The first kappa shape index (κ1) is 9.26. The number of aryl methyl sites for hydroxylation is 1. The summed E-state index contributed by atoms with van der Waals surface area (Å²) in [6, 6.07) is 1.84. The maximum atomic E-state index is 5.77. The molecular formula is C8H6BrIN2O. The van der Waals surface area contributed by atoms with Crippen molar-refractivity contribution in [1.29, 1.82) is 0 Å². The number of halogens is 2. The van der Waals surface area contributed by atoms with Crippen molar-refractivity contribution in [2.45, 2.75) is 6.92 Å². The predicted molar refractivity (Wildman–Crippen MR) is 63.6 cm³/mol. The predicted octanol–water partition coefficient (Wildman–Crippen LogP) is 3.09. The van der Waals surface area contributed by atoms with Crippen LogP contribution >= 0.6 is 38.5 Å². The van der Waals surface area contributed by atoms with E-state index in [1.165, 1.54) is 0 Å². The van der Waals surface area contributed by atoms with Crippen LogP contribution < -0.4 is 5.73 Å². The number of anilines is 1. The molecule has 0 aliphatic carbocycles. The molecule has 68 valence electrons. The summed E-state index contributed by atoms with van der Waals surface area (Å²) in [4.78, 5) is 4.24. The van der Waals surface area contributed by atoms with Crippen molar-refractivity contribution in [3.05, 3.63) is 20.0 Å². The Labute approximate surface area is 97.0 Å². The monoisotopic (exact) mass is 352 g/mol. The molecular weight excluding hydrogens is 347 g/mol. The largest absolute Gasteiger partial charge is 0.440 e. The van der Waals surface area contributed by atoms with Crippen LogP contribution in [0.3, 0.4) is 0 Å². The molecule has 1 aromatic heterocycles. The van der Waals surface area contributed by atoms with Crippen molar-refractivity contribution in [3.63, 3.8) is 0 Å². The van der Waals surface area contributed by atoms with Gasteiger partial charge in [0.1, 0.15) is 5.52 Å². The van der Waals surface area contributed by atoms with E-state index in [1.807, 2.05) is 13.0 Å². The lowest BCUT2D eigenvalue weighted by molar-refractivity contribution is 0.559. The summed E-state index contributed by atoms with van der Waals surface area (Å²) >= 11 is 5.54. The third-order valence-corrected chi connectivity index (χ3v) is 3.41. The summed E-state index contributed by atoms with van der Waals surface area (Å²) in [5.41, 5.74) is 8.06. The zero-order chi connectivity index (χ0) is 9.59. The Bertz CT molecular complexity index is 480. The van der Waals surface area contributed by atoms with Gasteiger partial charge in [0.25, 0.3) is 0 Å². The van der Waals surface area contributed by atoms with Gasteiger partial charge in [0.2, 0.25) is 0 Å². The average Bonchev–Trinajstić information content (AvgIpc) is 2.44. The summed E-state index contributed by atoms with van der Waals surface area (Å²) in [6.07, 6.45) is 0. The number of nitrogen functional groups attached to an aromatic ring is 1. The van der Waals surface area contributed by atoms with E-state index in [0.29, 0.717) is 11.6 Å². The minimum atomic E-state index is 0.652. The number of nitrogens with zero attached hydrogens (tertiary/aromatic N) is 1. The molecule has 0 fully saturated rings. The van der Waals surface area contributed by atoms with Crippen LogP contribution in [0, 0.1) is 10.5 Å². The van der Waals surface area contributed by atoms with Crippen LogP contribution in [0.25, 0.3) is 11.1 Å². The van der Waals surface area contributed by atoms with Gasteiger partial charge in [0.05, 0.1) is 9.26 Å². The fourth-order valence-electron chi connectivity index (χ4n) is 1.14. The van der Waals surface area contributed by atoms with Crippen LogP contribution in [0.5, 0.6) is 0 Å². The van der Waals surface area contributed by atoms with Crippen molar-refractivity contribution in [2.75, 3.05) is 5.73 Å². The fourth-order valence-corrected chi connectivity index (χ4v) is 2.17. The van der Waals surface area contributed by atoms with Crippen molar-refractivity contribution in [3.8, 4) is 0 Å². The van der Waals surface area contributed by atoms with E-state index in [2.05, 4.69) is 43.5 Å². The molecule has 0 aliphatic heterocycles. The Morgan fingerprint density at radius 3 is 3.00 bits per heavy atom. The van der Waals surface area contributed by atoms with Gasteiger partial charge in [0.15, 0.2) is 11.5 Å². The quantitative estimate of drug-likeness (QED) is 0.585. The topological polar surface area (TPSA) is 52.0 Å². The smallest absolute Gasteiger partial charge is 0.192 e. The summed E-state index contributed by atoms with van der Waals surface area (Å²) in [5.74, 6) is 0.652. The van der Waals surface area contributed by atoms with E-state index in [9.17, 15) is 0 Å². The Morgan fingerprint density at radius 2 is 2.31 bits per heavy atom. The molecule has 0 spiro atoms. The highest BCUT2D eigenvalue weighted by molar-refractivity contribution is 14.1. The second-order valence-electron chi connectivity index (χ2n) is 2.67. The third kappa shape index (κ3) is 1.43. The van der Waals surface area contributed by atoms with Gasteiger partial charge < -0.3 is 10.2 Å². The molecule has 0 radical (unpaired) electrons. The number of hydrogen-bond donors (Lipinski definition) is 1. The van der Waals surface area contributed by atoms with Crippen LogP contribution in [-0.4, -0.2) is 4.98 Å². The Hall–Kier alpha value is -0.300. The third-order valence-electron chi connectivity index (χ3n) is 1.70. The molecule has 2 rings (SSSR count). The van der Waals surface area contributed by atoms with Gasteiger partial charge in [-0.1, -0.05) is 0 Å². The normalized spacial score (nSPS) is 11.0. The molecule has 5 heteroatoms. The molecule has 0 aliphatic rings. The van der Waals surface area contributed by atoms with Gasteiger partial charge in [-0.25, -0.2) is 4.98 Å². The van der Waals surface area contributed by atoms with E-state index < -0.39 is 0 Å². The lowest BCUT2D eigenvalue weighted by Gasteiger charge is -1.98. The summed E-state index contributed by atoms with van der Waals surface area (Å²) in [5, 5.41) is 0. The molecule has 0 amide bonds. The van der Waals surface area contributed by atoms with Gasteiger partial charge in [-0.3, -0.25) is 0 Å². The highest BCUT2D eigenvalue weighted by Gasteiger charge is 2.12. The van der Waals surface area contributed by atoms with E-state index >= 15 is 0 Å². The van der Waals surface area contributed by atoms with Crippen LogP contribution in [0.1, 0.15) is 5.89 Å². The van der Waals surface area contributed by atoms with E-state index in [1.54, 1.807) is 0 Å². The second kappa shape index (κ2) is 3.13. The Morgan fingerprint density at radius 1 is 1.62 bits per heavy atom. The zero-order valence-electron chi connectivity index (χ0n) is 6.77. The lowest BCUT2D eigenvalue weighted by Crippen LogP contribution is -1.89. The molecule has 1 heterocycles. The fraction of sp³-hybridized carbons (Fsp3) is 0.125. The number of benzene rings is 1. The molecule has 3 nitrogen and oxygen atoms in total. The number of aromatic nitrogens is 1. The van der Waals surface area contributed by atoms with Gasteiger partial charge >= 0.3 is 0 Å². The molecule has 0 unspecified atom stereocenters. The molecule has 0 atom stereocenters. The number of nitrogens with two attached hydrogens (primary N) is 1. The highest BCUT2D eigenvalue weighted by Crippen LogP contribution is 2.32.